The number of aromatic nitrogens is 4. The molecule has 0 saturated carbocycles. The Morgan fingerprint density at radius 2 is 0.672 bits per heavy atom. The highest BCUT2D eigenvalue weighted by molar-refractivity contribution is 6.14. The third kappa shape index (κ3) is 5.91. The van der Waals surface area contributed by atoms with Crippen LogP contribution >= 0.6 is 0 Å². The smallest absolute Gasteiger partial charge is 0.0702 e. The summed E-state index contributed by atoms with van der Waals surface area (Å²) in [6, 6.07) is 74.7. The van der Waals surface area contributed by atoms with Gasteiger partial charge in [0, 0.05) is 67.6 Å². The molecular weight excluding hydrogens is 777 g/mol. The van der Waals surface area contributed by atoms with Crippen LogP contribution in [0, 0.1) is 0 Å². The van der Waals surface area contributed by atoms with Crippen molar-refractivity contribution < 1.29 is 0 Å². The van der Waals surface area contributed by atoms with E-state index >= 15 is 0 Å². The molecule has 0 unspecified atom stereocenters. The predicted octanol–water partition coefficient (Wildman–Crippen LogP) is 15.1. The summed E-state index contributed by atoms with van der Waals surface area (Å²) in [5.74, 6) is 0. The Kier molecular flexibility index (Phi) is 8.31. The summed E-state index contributed by atoms with van der Waals surface area (Å²) < 4.78 is 4.88. The summed E-state index contributed by atoms with van der Waals surface area (Å²) in [5, 5.41) is 5.00. The average molecular weight is 817 g/mol. The van der Waals surface area contributed by atoms with Gasteiger partial charge in [0.15, 0.2) is 0 Å². The Labute approximate surface area is 371 Å². The Morgan fingerprint density at radius 1 is 0.297 bits per heavy atom. The molecule has 64 heavy (non-hydrogen) atoms. The van der Waals surface area contributed by atoms with E-state index in [0.29, 0.717) is 0 Å². The van der Waals surface area contributed by atoms with Crippen molar-refractivity contribution in [2.75, 3.05) is 0 Å². The van der Waals surface area contributed by atoms with Crippen LogP contribution in [0.15, 0.2) is 219 Å². The maximum Gasteiger partial charge on any atom is 0.0702 e. The third-order valence-corrected chi connectivity index (χ3v) is 13.3. The van der Waals surface area contributed by atoms with Crippen molar-refractivity contribution >= 4 is 43.6 Å². The molecule has 4 aromatic heterocycles. The summed E-state index contributed by atoms with van der Waals surface area (Å²) in [7, 11) is 0. The van der Waals surface area contributed by atoms with E-state index in [1.54, 1.807) is 0 Å². The minimum Gasteiger partial charge on any atom is -0.309 e. The first kappa shape index (κ1) is 36.3. The molecule has 4 heteroatoms. The van der Waals surface area contributed by atoms with Crippen LogP contribution in [-0.2, 0) is 12.8 Å². The van der Waals surface area contributed by atoms with Crippen LogP contribution in [-0.4, -0.2) is 19.1 Å². The molecule has 0 bridgehead atoms. The minimum atomic E-state index is 0.969. The van der Waals surface area contributed by atoms with Gasteiger partial charge in [0.2, 0.25) is 0 Å². The van der Waals surface area contributed by atoms with Crippen LogP contribution in [0.3, 0.4) is 0 Å². The Bertz CT molecular complexity index is 3470. The van der Waals surface area contributed by atoms with Gasteiger partial charge in [-0.25, -0.2) is 0 Å². The molecule has 1 aliphatic carbocycles. The fourth-order valence-electron chi connectivity index (χ4n) is 10.2. The molecule has 0 atom stereocenters. The van der Waals surface area contributed by atoms with Crippen molar-refractivity contribution in [2.45, 2.75) is 12.8 Å². The number of pyridine rings is 2. The monoisotopic (exact) mass is 816 g/mol. The lowest BCUT2D eigenvalue weighted by Gasteiger charge is -2.21. The van der Waals surface area contributed by atoms with Gasteiger partial charge in [-0.05, 0) is 131 Å². The van der Waals surface area contributed by atoms with Crippen LogP contribution < -0.4 is 0 Å². The van der Waals surface area contributed by atoms with Gasteiger partial charge < -0.3 is 9.13 Å². The van der Waals surface area contributed by atoms with Crippen LogP contribution in [0.1, 0.15) is 11.1 Å². The summed E-state index contributed by atoms with van der Waals surface area (Å²) in [6.45, 7) is 0. The van der Waals surface area contributed by atoms with Crippen molar-refractivity contribution in [1.82, 2.24) is 19.1 Å². The molecule has 1 aliphatic rings. The number of hydrogen-bond donors (Lipinski definition) is 0. The highest BCUT2D eigenvalue weighted by Gasteiger charge is 2.24. The summed E-state index contributed by atoms with van der Waals surface area (Å²) in [5.41, 5.74) is 21.2. The molecule has 13 rings (SSSR count). The second-order valence-electron chi connectivity index (χ2n) is 17.0. The second-order valence-corrected chi connectivity index (χ2v) is 17.0. The van der Waals surface area contributed by atoms with Crippen molar-refractivity contribution in [1.29, 1.82) is 0 Å². The number of benzene rings is 8. The Hall–Kier alpha value is -8.34. The topological polar surface area (TPSA) is 35.6 Å². The zero-order chi connectivity index (χ0) is 42.1. The number of para-hydroxylation sites is 2. The molecule has 0 saturated heterocycles. The zero-order valence-corrected chi connectivity index (χ0v) is 35.0. The third-order valence-electron chi connectivity index (χ3n) is 13.3. The molecule has 300 valence electrons. The minimum absolute atomic E-state index is 0.969. The quantitative estimate of drug-likeness (QED) is 0.168. The van der Waals surface area contributed by atoms with E-state index in [4.69, 9.17) is 9.97 Å². The molecule has 4 nitrogen and oxygen atoms in total. The first-order valence-electron chi connectivity index (χ1n) is 22.1. The predicted molar refractivity (Wildman–Crippen MR) is 265 cm³/mol. The molecule has 0 spiro atoms. The molecule has 0 N–H and O–H groups in total. The number of rotatable bonds is 6. The van der Waals surface area contributed by atoms with Crippen molar-refractivity contribution in [2.24, 2.45) is 0 Å². The van der Waals surface area contributed by atoms with Crippen LogP contribution in [0.2, 0.25) is 0 Å². The van der Waals surface area contributed by atoms with E-state index in [-0.39, 0.29) is 0 Å². The van der Waals surface area contributed by atoms with E-state index < -0.39 is 0 Å². The summed E-state index contributed by atoms with van der Waals surface area (Å²) in [6.07, 6.45) is 5.93. The summed E-state index contributed by atoms with van der Waals surface area (Å²) in [4.78, 5) is 9.93. The van der Waals surface area contributed by atoms with Gasteiger partial charge >= 0.3 is 0 Å². The molecule has 0 fully saturated rings. The first-order chi connectivity index (χ1) is 31.7. The van der Waals surface area contributed by atoms with Crippen molar-refractivity contribution in [3.05, 3.63) is 230 Å². The highest BCUT2D eigenvalue weighted by Crippen LogP contribution is 2.45. The van der Waals surface area contributed by atoms with E-state index in [0.717, 1.165) is 57.9 Å². The molecule has 0 aliphatic heterocycles. The standard InChI is InChI=1S/C60H40N4/c1-5-13-39(14-6-1)45-23-27-55(61-37-45)43-25-29-57-51(33-43)53-31-41-21-22-42-32-54-52-34-44(56-28-24-46(38-62-56)40-15-7-2-8-16-40)26-30-58(52)64(48-19-11-4-12-20-48)60(54)36-50(42)49(41)35-59(53)63(57)47-17-9-3-10-18-47/h1-20,23-38H,21-22H2. The van der Waals surface area contributed by atoms with E-state index in [9.17, 15) is 0 Å². The Morgan fingerprint density at radius 3 is 1.06 bits per heavy atom. The molecular formula is C60H40N4. The normalized spacial score (nSPS) is 12.2. The van der Waals surface area contributed by atoms with Crippen LogP contribution in [0.4, 0.5) is 0 Å². The summed E-state index contributed by atoms with van der Waals surface area (Å²) >= 11 is 0. The molecule has 4 heterocycles. The van der Waals surface area contributed by atoms with E-state index in [1.165, 1.54) is 77.0 Å². The van der Waals surface area contributed by atoms with Gasteiger partial charge in [-0.3, -0.25) is 9.97 Å². The van der Waals surface area contributed by atoms with E-state index in [2.05, 4.69) is 203 Å². The number of aryl methyl sites for hydroxylation is 2. The fraction of sp³-hybridized carbons (Fsp3) is 0.0333. The maximum absolute atomic E-state index is 4.96. The molecule has 12 aromatic rings. The first-order valence-corrected chi connectivity index (χ1v) is 22.1. The van der Waals surface area contributed by atoms with Gasteiger partial charge in [-0.2, -0.15) is 0 Å². The number of fused-ring (bicyclic) bond motifs is 9. The lowest BCUT2D eigenvalue weighted by Crippen LogP contribution is -2.05. The highest BCUT2D eigenvalue weighted by atomic mass is 15.0. The van der Waals surface area contributed by atoms with Gasteiger partial charge in [-0.15, -0.1) is 0 Å². The molecule has 0 amide bonds. The lowest BCUT2D eigenvalue weighted by atomic mass is 9.84. The largest absolute Gasteiger partial charge is 0.309 e. The van der Waals surface area contributed by atoms with Crippen molar-refractivity contribution in [3.8, 4) is 67.3 Å². The van der Waals surface area contributed by atoms with Gasteiger partial charge in [0.05, 0.1) is 33.5 Å². The fourth-order valence-corrected chi connectivity index (χ4v) is 10.2. The average Bonchev–Trinajstić information content (AvgIpc) is 3.87. The lowest BCUT2D eigenvalue weighted by molar-refractivity contribution is 0.946. The van der Waals surface area contributed by atoms with Gasteiger partial charge in [-0.1, -0.05) is 121 Å². The van der Waals surface area contributed by atoms with Gasteiger partial charge in [0.25, 0.3) is 0 Å². The second kappa shape index (κ2) is 14.6. The number of hydrogen-bond acceptors (Lipinski definition) is 2. The van der Waals surface area contributed by atoms with Gasteiger partial charge in [0.1, 0.15) is 0 Å². The maximum atomic E-state index is 4.96. The Balaban J connectivity index is 0.974. The SMILES string of the molecule is c1ccc(-c2ccc(-c3ccc4c(c3)c3cc5c(cc3n4-c3ccccc3)-c3cc4c(cc3CC5)c3cc(-c5ccc(-c6ccccc6)cn5)ccc3n4-c3ccccc3)nc2)cc1. The number of nitrogens with zero attached hydrogens (tertiary/aromatic N) is 4. The molecule has 0 radical (unpaired) electrons. The zero-order valence-electron chi connectivity index (χ0n) is 35.0. The van der Waals surface area contributed by atoms with Crippen molar-refractivity contribution in [3.63, 3.8) is 0 Å². The van der Waals surface area contributed by atoms with Crippen LogP contribution in [0.25, 0.3) is 111 Å². The van der Waals surface area contributed by atoms with E-state index in [1.807, 2.05) is 24.5 Å². The van der Waals surface area contributed by atoms with Crippen LogP contribution in [0.5, 0.6) is 0 Å². The molecule has 8 aromatic carbocycles.